The quantitative estimate of drug-likeness (QED) is 0.239. The molecule has 0 aromatic heterocycles. The SMILES string of the molecule is NON[N+](=O)[C@@H]1OC[C@@H](O)[C@H](O)[C@H]1O. The first-order valence-electron chi connectivity index (χ1n) is 3.81. The molecular formula is C5H12N3O6+. The molecule has 1 fully saturated rings. The van der Waals surface area contributed by atoms with Crippen molar-refractivity contribution in [1.29, 1.82) is 0 Å². The van der Waals surface area contributed by atoms with E-state index in [0.29, 0.717) is 0 Å². The van der Waals surface area contributed by atoms with Gasteiger partial charge in [0.15, 0.2) is 11.0 Å². The first-order chi connectivity index (χ1) is 6.57. The van der Waals surface area contributed by atoms with Crippen LogP contribution in [0.2, 0.25) is 0 Å². The van der Waals surface area contributed by atoms with Gasteiger partial charge in [0.05, 0.1) is 11.5 Å². The molecule has 0 amide bonds. The lowest BCUT2D eigenvalue weighted by Crippen LogP contribution is -2.58. The molecule has 0 aliphatic carbocycles. The molecule has 0 saturated carbocycles. The van der Waals surface area contributed by atoms with Crippen LogP contribution in [0.25, 0.3) is 0 Å². The van der Waals surface area contributed by atoms with Crippen LogP contribution in [-0.2, 0) is 9.68 Å². The lowest BCUT2D eigenvalue weighted by atomic mass is 10.1. The van der Waals surface area contributed by atoms with E-state index in [4.69, 9.17) is 9.84 Å². The summed E-state index contributed by atoms with van der Waals surface area (Å²) >= 11 is 0. The Hall–Kier alpha value is -0.840. The fraction of sp³-hybridized carbons (Fsp3) is 1.00. The predicted molar refractivity (Wildman–Crippen MR) is 39.8 cm³/mol. The van der Waals surface area contributed by atoms with Crippen molar-refractivity contribution in [1.82, 2.24) is 5.59 Å². The summed E-state index contributed by atoms with van der Waals surface area (Å²) in [5.74, 6) is 4.54. The summed E-state index contributed by atoms with van der Waals surface area (Å²) in [5.41, 5.74) is 1.66. The third kappa shape index (κ3) is 2.15. The Kier molecular flexibility index (Phi) is 3.69. The molecule has 0 radical (unpaired) electrons. The number of ether oxygens (including phenoxy) is 1. The standard InChI is InChI=1S/C5H12N3O6/c6-14-7-8(12)5-4(11)3(10)2(9)1-13-5/h2-5,9-11H,1,6H2,(H,7,12)/q+1/t2-,3+,4-,5-/m1/s1. The van der Waals surface area contributed by atoms with Crippen molar-refractivity contribution in [3.63, 3.8) is 0 Å². The van der Waals surface area contributed by atoms with Crippen molar-refractivity contribution in [3.05, 3.63) is 4.91 Å². The zero-order valence-electron chi connectivity index (χ0n) is 7.11. The third-order valence-corrected chi connectivity index (χ3v) is 1.85. The predicted octanol–water partition coefficient (Wildman–Crippen LogP) is -3.49. The molecule has 1 heterocycles. The topological polar surface area (TPSA) is 137 Å². The number of nitroso groups, excluding NO2 is 1. The highest BCUT2D eigenvalue weighted by atomic mass is 16.8. The number of nitrogens with zero attached hydrogens (tertiary/aromatic N) is 1. The van der Waals surface area contributed by atoms with Gasteiger partial charge in [-0.2, -0.15) is 5.90 Å². The summed E-state index contributed by atoms with van der Waals surface area (Å²) in [4.78, 5) is 14.8. The Morgan fingerprint density at radius 2 is 2.07 bits per heavy atom. The van der Waals surface area contributed by atoms with Crippen molar-refractivity contribution in [2.45, 2.75) is 24.5 Å². The number of hydrogen-bond donors (Lipinski definition) is 5. The van der Waals surface area contributed by atoms with Crippen LogP contribution in [0.1, 0.15) is 0 Å². The van der Waals surface area contributed by atoms with Gasteiger partial charge in [-0.25, -0.2) is 0 Å². The summed E-state index contributed by atoms with van der Waals surface area (Å²) in [6.45, 7) is -0.270. The summed E-state index contributed by atoms with van der Waals surface area (Å²) in [5, 5.41) is 27.5. The van der Waals surface area contributed by atoms with Crippen molar-refractivity contribution < 1.29 is 29.9 Å². The minimum atomic E-state index is -1.56. The van der Waals surface area contributed by atoms with Gasteiger partial charge in [-0.05, 0) is 0 Å². The van der Waals surface area contributed by atoms with Gasteiger partial charge >= 0.3 is 6.23 Å². The van der Waals surface area contributed by atoms with Crippen molar-refractivity contribution in [2.75, 3.05) is 6.61 Å². The second-order valence-corrected chi connectivity index (χ2v) is 2.81. The van der Waals surface area contributed by atoms with E-state index < -0.39 is 24.5 Å². The van der Waals surface area contributed by atoms with Crippen LogP contribution in [0.3, 0.4) is 0 Å². The second kappa shape index (κ2) is 4.59. The maximum atomic E-state index is 11.0. The van der Waals surface area contributed by atoms with Crippen LogP contribution in [-0.4, -0.2) is 51.3 Å². The van der Waals surface area contributed by atoms with E-state index in [1.54, 1.807) is 5.59 Å². The zero-order chi connectivity index (χ0) is 10.7. The number of nitrogens with two attached hydrogens (primary N) is 1. The molecule has 0 spiro atoms. The van der Waals surface area contributed by atoms with Crippen LogP contribution in [0.5, 0.6) is 0 Å². The zero-order valence-corrected chi connectivity index (χ0v) is 7.11. The Balaban J connectivity index is 2.58. The third-order valence-electron chi connectivity index (χ3n) is 1.85. The molecule has 0 unspecified atom stereocenters. The van der Waals surface area contributed by atoms with Gasteiger partial charge in [0.25, 0.3) is 0 Å². The van der Waals surface area contributed by atoms with Crippen LogP contribution in [0, 0.1) is 4.91 Å². The van der Waals surface area contributed by atoms with Gasteiger partial charge in [0.2, 0.25) is 0 Å². The Morgan fingerprint density at radius 3 is 2.64 bits per heavy atom. The molecule has 1 rings (SSSR count). The van der Waals surface area contributed by atoms with Gasteiger partial charge in [-0.15, -0.1) is 4.94 Å². The highest BCUT2D eigenvalue weighted by Crippen LogP contribution is 2.15. The van der Waals surface area contributed by atoms with E-state index >= 15 is 0 Å². The van der Waals surface area contributed by atoms with Gasteiger partial charge in [-0.3, -0.25) is 0 Å². The van der Waals surface area contributed by atoms with Crippen molar-refractivity contribution >= 4 is 0 Å². The summed E-state index contributed by atoms with van der Waals surface area (Å²) in [6.07, 6.45) is -5.63. The molecule has 4 atom stereocenters. The number of aliphatic hydroxyl groups excluding tert-OH is 3. The number of rotatable bonds is 3. The van der Waals surface area contributed by atoms with Crippen LogP contribution < -0.4 is 11.5 Å². The van der Waals surface area contributed by atoms with Gasteiger partial charge in [0.1, 0.15) is 12.2 Å². The summed E-state index contributed by atoms with van der Waals surface area (Å²) in [7, 11) is 0. The molecule has 14 heavy (non-hydrogen) atoms. The highest BCUT2D eigenvalue weighted by Gasteiger charge is 2.47. The van der Waals surface area contributed by atoms with E-state index in [2.05, 4.69) is 10.8 Å². The molecule has 1 aliphatic rings. The molecule has 6 N–H and O–H groups in total. The van der Waals surface area contributed by atoms with Crippen molar-refractivity contribution in [3.8, 4) is 0 Å². The van der Waals surface area contributed by atoms with Gasteiger partial charge < -0.3 is 20.1 Å². The smallest absolute Gasteiger partial charge is 0.368 e. The average Bonchev–Trinajstić information content (AvgIpc) is 2.15. The molecule has 9 heteroatoms. The number of hydrogen-bond acceptors (Lipinski definition) is 7. The first kappa shape index (κ1) is 11.2. The minimum Gasteiger partial charge on any atom is -0.388 e. The molecule has 0 bridgehead atoms. The molecule has 82 valence electrons. The minimum absolute atomic E-state index is 0.0141. The van der Waals surface area contributed by atoms with Crippen molar-refractivity contribution in [2.24, 2.45) is 5.90 Å². The normalized spacial score (nSPS) is 38.0. The van der Waals surface area contributed by atoms with Crippen LogP contribution in [0.15, 0.2) is 0 Å². The highest BCUT2D eigenvalue weighted by molar-refractivity contribution is 4.81. The van der Waals surface area contributed by atoms with E-state index in [1.807, 2.05) is 0 Å². The summed E-state index contributed by atoms with van der Waals surface area (Å²) in [6, 6.07) is 0. The lowest BCUT2D eigenvalue weighted by molar-refractivity contribution is -0.733. The molecule has 1 saturated heterocycles. The fourth-order valence-electron chi connectivity index (χ4n) is 1.10. The molecular weight excluding hydrogens is 198 g/mol. The fourth-order valence-corrected chi connectivity index (χ4v) is 1.10. The average molecular weight is 210 g/mol. The Morgan fingerprint density at radius 1 is 1.43 bits per heavy atom. The molecule has 0 aromatic rings. The summed E-state index contributed by atoms with van der Waals surface area (Å²) < 4.78 is 4.74. The maximum absolute atomic E-state index is 11.0. The van der Waals surface area contributed by atoms with E-state index in [9.17, 15) is 15.1 Å². The molecule has 0 aromatic carbocycles. The second-order valence-electron chi connectivity index (χ2n) is 2.81. The van der Waals surface area contributed by atoms with Gasteiger partial charge in [0, 0.05) is 5.59 Å². The largest absolute Gasteiger partial charge is 0.388 e. The molecule has 9 nitrogen and oxygen atoms in total. The van der Waals surface area contributed by atoms with E-state index in [-0.39, 0.29) is 11.5 Å². The van der Waals surface area contributed by atoms with E-state index in [1.165, 1.54) is 0 Å². The lowest BCUT2D eigenvalue weighted by Gasteiger charge is -2.29. The van der Waals surface area contributed by atoms with E-state index in [0.717, 1.165) is 0 Å². The monoisotopic (exact) mass is 210 g/mol. The Bertz CT molecular complexity index is 214. The molecule has 1 aliphatic heterocycles. The number of aliphatic hydroxyl groups is 3. The Labute approximate surface area is 78.5 Å². The van der Waals surface area contributed by atoms with Crippen LogP contribution >= 0.6 is 0 Å². The van der Waals surface area contributed by atoms with Crippen LogP contribution in [0.4, 0.5) is 0 Å². The van der Waals surface area contributed by atoms with Gasteiger partial charge in [-0.1, -0.05) is 0 Å². The maximum Gasteiger partial charge on any atom is 0.368 e. The first-order valence-corrected chi connectivity index (χ1v) is 3.81. The number of nitrogens with one attached hydrogen (secondary N) is 1. The number of hydrazine groups is 1.